The van der Waals surface area contributed by atoms with Crippen molar-refractivity contribution in [3.63, 3.8) is 0 Å². The molecule has 0 unspecified atom stereocenters. The van der Waals surface area contributed by atoms with Crippen molar-refractivity contribution < 1.29 is 5.11 Å². The summed E-state index contributed by atoms with van der Waals surface area (Å²) < 4.78 is 0. The highest BCUT2D eigenvalue weighted by molar-refractivity contribution is 6.92. The Morgan fingerprint density at radius 2 is 1.93 bits per heavy atom. The zero-order valence-corrected chi connectivity index (χ0v) is 11.3. The Balaban J connectivity index is 3.26. The Bertz CT molecular complexity index is 342. The third-order valence-electron chi connectivity index (χ3n) is 3.63. The topological polar surface area (TPSA) is 33.1 Å². The van der Waals surface area contributed by atoms with Crippen molar-refractivity contribution in [2.75, 3.05) is 0 Å². The molecule has 0 saturated heterocycles. The van der Waals surface area contributed by atoms with E-state index in [9.17, 15) is 5.11 Å². The van der Waals surface area contributed by atoms with Crippen molar-refractivity contribution in [3.05, 3.63) is 24.0 Å². The molecule has 2 nitrogen and oxygen atoms in total. The van der Waals surface area contributed by atoms with E-state index in [1.165, 1.54) is 5.19 Å². The van der Waals surface area contributed by atoms with Gasteiger partial charge in [0.2, 0.25) is 0 Å². The largest absolute Gasteiger partial charge is 0.392 e. The minimum Gasteiger partial charge on any atom is -0.392 e. The minimum absolute atomic E-state index is 0.115. The van der Waals surface area contributed by atoms with E-state index in [0.29, 0.717) is 0 Å². The van der Waals surface area contributed by atoms with Gasteiger partial charge in [0, 0.05) is 12.4 Å². The van der Waals surface area contributed by atoms with Crippen LogP contribution in [0.15, 0.2) is 18.5 Å². The number of pyridine rings is 1. The van der Waals surface area contributed by atoms with E-state index in [0.717, 1.165) is 5.56 Å². The van der Waals surface area contributed by atoms with Crippen LogP contribution in [0.2, 0.25) is 18.1 Å². The van der Waals surface area contributed by atoms with Crippen LogP contribution in [0.5, 0.6) is 0 Å². The molecule has 15 heavy (non-hydrogen) atoms. The lowest BCUT2D eigenvalue weighted by atomic mass is 10.2. The summed E-state index contributed by atoms with van der Waals surface area (Å²) in [5.74, 6) is 0. The van der Waals surface area contributed by atoms with Crippen molar-refractivity contribution >= 4 is 13.3 Å². The van der Waals surface area contributed by atoms with E-state index >= 15 is 0 Å². The number of rotatable bonds is 2. The highest BCUT2D eigenvalue weighted by Gasteiger charge is 2.38. The number of hydrogen-bond acceptors (Lipinski definition) is 2. The molecule has 1 heterocycles. The Morgan fingerprint density at radius 1 is 1.33 bits per heavy atom. The number of hydrogen-bond donors (Lipinski definition) is 1. The van der Waals surface area contributed by atoms with Crippen LogP contribution in [0.3, 0.4) is 0 Å². The van der Waals surface area contributed by atoms with Gasteiger partial charge in [-0.25, -0.2) is 0 Å². The maximum atomic E-state index is 9.34. The molecule has 0 bridgehead atoms. The van der Waals surface area contributed by atoms with Gasteiger partial charge in [-0.3, -0.25) is 4.98 Å². The van der Waals surface area contributed by atoms with E-state index in [1.807, 2.05) is 12.3 Å². The molecule has 1 aromatic rings. The summed E-state index contributed by atoms with van der Waals surface area (Å²) in [5, 5.41) is 10.9. The molecule has 0 saturated carbocycles. The van der Waals surface area contributed by atoms with Crippen molar-refractivity contribution in [1.29, 1.82) is 0 Å². The summed E-state index contributed by atoms with van der Waals surface area (Å²) in [7, 11) is -1.57. The normalized spacial score (nSPS) is 12.9. The molecular formula is C12H21NOSi. The van der Waals surface area contributed by atoms with Crippen molar-refractivity contribution in [3.8, 4) is 0 Å². The van der Waals surface area contributed by atoms with Gasteiger partial charge in [0.1, 0.15) is 0 Å². The second-order valence-corrected chi connectivity index (χ2v) is 10.9. The maximum Gasteiger partial charge on any atom is 0.0884 e. The van der Waals surface area contributed by atoms with Crippen LogP contribution in [0.25, 0.3) is 0 Å². The monoisotopic (exact) mass is 223 g/mol. The first-order valence-corrected chi connectivity index (χ1v) is 8.35. The molecule has 0 aliphatic rings. The van der Waals surface area contributed by atoms with Gasteiger partial charge in [-0.15, -0.1) is 0 Å². The molecule has 0 aliphatic carbocycles. The number of nitrogens with zero attached hydrogens (tertiary/aromatic N) is 1. The predicted octanol–water partition coefficient (Wildman–Crippen LogP) is 2.29. The predicted molar refractivity (Wildman–Crippen MR) is 67.0 cm³/mol. The van der Waals surface area contributed by atoms with E-state index in [2.05, 4.69) is 38.8 Å². The highest BCUT2D eigenvalue weighted by Crippen LogP contribution is 2.35. The third-order valence-corrected chi connectivity index (χ3v) is 9.18. The molecule has 84 valence electrons. The minimum atomic E-state index is -1.57. The van der Waals surface area contributed by atoms with Crippen molar-refractivity contribution in [2.24, 2.45) is 0 Å². The van der Waals surface area contributed by atoms with Crippen molar-refractivity contribution in [2.45, 2.75) is 45.5 Å². The van der Waals surface area contributed by atoms with Crippen molar-refractivity contribution in [1.82, 2.24) is 4.98 Å². The summed E-state index contributed by atoms with van der Waals surface area (Å²) in [6.07, 6.45) is 3.69. The third kappa shape index (κ3) is 2.29. The Labute approximate surface area is 93.4 Å². The van der Waals surface area contributed by atoms with Gasteiger partial charge in [-0.2, -0.15) is 0 Å². The van der Waals surface area contributed by atoms with Gasteiger partial charge >= 0.3 is 0 Å². The molecule has 0 aliphatic heterocycles. The second kappa shape index (κ2) is 4.06. The molecule has 0 aromatic carbocycles. The fourth-order valence-corrected chi connectivity index (χ4v) is 3.70. The van der Waals surface area contributed by atoms with E-state index in [-0.39, 0.29) is 11.6 Å². The molecule has 1 N–H and O–H groups in total. The fourth-order valence-electron chi connectivity index (χ4n) is 1.53. The average molecular weight is 223 g/mol. The molecule has 0 radical (unpaired) electrons. The van der Waals surface area contributed by atoms with Gasteiger partial charge in [0.25, 0.3) is 0 Å². The summed E-state index contributed by atoms with van der Waals surface area (Å²) >= 11 is 0. The van der Waals surface area contributed by atoms with Crippen LogP contribution in [-0.4, -0.2) is 18.2 Å². The number of aromatic nitrogens is 1. The number of aliphatic hydroxyl groups excluding tert-OH is 1. The maximum absolute atomic E-state index is 9.34. The first-order valence-electron chi connectivity index (χ1n) is 5.35. The SMILES string of the molecule is CC(C)(C)[Si](C)(C)c1cnccc1CO. The standard InChI is InChI=1S/C12H21NOSi/c1-12(2,3)15(4,5)11-8-13-7-6-10(11)9-14/h6-8,14H,9H2,1-5H3. The lowest BCUT2D eigenvalue weighted by molar-refractivity contribution is 0.282. The second-order valence-electron chi connectivity index (χ2n) is 5.57. The Kier molecular flexibility index (Phi) is 3.36. The lowest BCUT2D eigenvalue weighted by Gasteiger charge is -2.38. The molecule has 0 fully saturated rings. The van der Waals surface area contributed by atoms with E-state index < -0.39 is 8.07 Å². The van der Waals surface area contributed by atoms with Gasteiger partial charge in [0.15, 0.2) is 0 Å². The molecule has 1 aromatic heterocycles. The van der Waals surface area contributed by atoms with Crippen LogP contribution in [-0.2, 0) is 6.61 Å². The average Bonchev–Trinajstić information content (AvgIpc) is 2.16. The smallest absolute Gasteiger partial charge is 0.0884 e. The zero-order valence-electron chi connectivity index (χ0n) is 10.3. The highest BCUT2D eigenvalue weighted by atomic mass is 28.3. The van der Waals surface area contributed by atoms with E-state index in [4.69, 9.17) is 0 Å². The fraction of sp³-hybridized carbons (Fsp3) is 0.583. The molecule has 0 atom stereocenters. The van der Waals surface area contributed by atoms with E-state index in [1.54, 1.807) is 6.20 Å². The van der Waals surface area contributed by atoms with Gasteiger partial charge < -0.3 is 5.11 Å². The van der Waals surface area contributed by atoms with Gasteiger partial charge in [-0.05, 0) is 21.9 Å². The number of aliphatic hydroxyl groups is 1. The molecule has 0 spiro atoms. The molecule has 0 amide bonds. The zero-order chi connectivity index (χ0) is 11.7. The summed E-state index contributed by atoms with van der Waals surface area (Å²) in [5.41, 5.74) is 1.04. The van der Waals surface area contributed by atoms with Crippen LogP contribution < -0.4 is 5.19 Å². The van der Waals surface area contributed by atoms with Gasteiger partial charge in [0.05, 0.1) is 14.7 Å². The Morgan fingerprint density at radius 3 is 2.40 bits per heavy atom. The molecule has 1 rings (SSSR count). The summed E-state index contributed by atoms with van der Waals surface area (Å²) in [4.78, 5) is 4.20. The van der Waals surface area contributed by atoms with Crippen LogP contribution in [0.4, 0.5) is 0 Å². The van der Waals surface area contributed by atoms with Crippen LogP contribution in [0.1, 0.15) is 26.3 Å². The van der Waals surface area contributed by atoms with Crippen LogP contribution in [0, 0.1) is 0 Å². The summed E-state index contributed by atoms with van der Waals surface area (Å²) in [6.45, 7) is 11.6. The Hall–Kier alpha value is -0.673. The van der Waals surface area contributed by atoms with Crippen LogP contribution >= 0.6 is 0 Å². The molecule has 3 heteroatoms. The van der Waals surface area contributed by atoms with Gasteiger partial charge in [-0.1, -0.05) is 33.9 Å². The lowest BCUT2D eigenvalue weighted by Crippen LogP contribution is -2.51. The molecular weight excluding hydrogens is 202 g/mol. The quantitative estimate of drug-likeness (QED) is 0.780. The first-order chi connectivity index (χ1) is 6.80. The summed E-state index contributed by atoms with van der Waals surface area (Å²) in [6, 6.07) is 1.93. The first kappa shape index (κ1) is 12.4.